The van der Waals surface area contributed by atoms with Crippen LogP contribution in [0, 0.1) is 5.92 Å². The third-order valence-electron chi connectivity index (χ3n) is 6.32. The first-order valence-corrected chi connectivity index (χ1v) is 10.8. The second-order valence-corrected chi connectivity index (χ2v) is 9.65. The molecule has 1 unspecified atom stereocenters. The lowest BCUT2D eigenvalue weighted by Crippen LogP contribution is -2.50. The number of aromatic nitrogens is 2. The highest BCUT2D eigenvalue weighted by Crippen LogP contribution is 2.28. The lowest BCUT2D eigenvalue weighted by molar-refractivity contribution is -0.136. The second kappa shape index (κ2) is 7.47. The van der Waals surface area contributed by atoms with Crippen molar-refractivity contribution >= 4 is 17.3 Å². The van der Waals surface area contributed by atoms with Crippen molar-refractivity contribution in [2.24, 2.45) is 5.92 Å². The van der Waals surface area contributed by atoms with Gasteiger partial charge in [-0.05, 0) is 43.7 Å². The van der Waals surface area contributed by atoms with Gasteiger partial charge >= 0.3 is 0 Å². The molecule has 2 aliphatic rings. The molecule has 0 radical (unpaired) electrons. The van der Waals surface area contributed by atoms with Crippen molar-refractivity contribution in [1.29, 1.82) is 0 Å². The summed E-state index contributed by atoms with van der Waals surface area (Å²) >= 11 is 0. The zero-order chi connectivity index (χ0) is 20.8. The number of nitrogens with zero attached hydrogens (tertiary/aromatic N) is 4. The van der Waals surface area contributed by atoms with E-state index in [-0.39, 0.29) is 23.3 Å². The Kier molecular flexibility index (Phi) is 5.13. The average Bonchev–Trinajstić information content (AvgIpc) is 3.32. The molecule has 6 nitrogen and oxygen atoms in total. The minimum Gasteiger partial charge on any atom is -0.341 e. The van der Waals surface area contributed by atoms with Gasteiger partial charge in [0.1, 0.15) is 11.9 Å². The first-order chi connectivity index (χ1) is 13.8. The number of hydrogen-bond acceptors (Lipinski definition) is 3. The number of pyridine rings is 1. The number of fused-ring (bicyclic) bond motifs is 1. The number of carbonyl (C=O) groups is 2. The molecule has 2 amide bonds. The van der Waals surface area contributed by atoms with Crippen LogP contribution in [-0.4, -0.2) is 56.7 Å². The maximum absolute atomic E-state index is 13.5. The van der Waals surface area contributed by atoms with Crippen LogP contribution in [0.2, 0.25) is 0 Å². The third-order valence-corrected chi connectivity index (χ3v) is 6.32. The van der Waals surface area contributed by atoms with E-state index in [1.807, 2.05) is 33.7 Å². The summed E-state index contributed by atoms with van der Waals surface area (Å²) in [5, 5.41) is 0. The molecule has 0 aromatic carbocycles. The van der Waals surface area contributed by atoms with Crippen LogP contribution >= 0.6 is 0 Å². The molecule has 4 rings (SSSR count). The van der Waals surface area contributed by atoms with Gasteiger partial charge in [0, 0.05) is 31.2 Å². The van der Waals surface area contributed by atoms with Crippen LogP contribution in [0.5, 0.6) is 0 Å². The van der Waals surface area contributed by atoms with Crippen LogP contribution in [0.1, 0.15) is 69.7 Å². The van der Waals surface area contributed by atoms with E-state index in [1.54, 1.807) is 4.90 Å². The van der Waals surface area contributed by atoms with Crippen molar-refractivity contribution in [1.82, 2.24) is 19.2 Å². The highest BCUT2D eigenvalue weighted by molar-refractivity contribution is 6.01. The van der Waals surface area contributed by atoms with Crippen molar-refractivity contribution in [2.45, 2.75) is 64.8 Å². The monoisotopic (exact) mass is 396 g/mol. The van der Waals surface area contributed by atoms with E-state index >= 15 is 0 Å². The molecule has 1 atom stereocenters. The minimum atomic E-state index is -0.352. The molecule has 6 heteroatoms. The Morgan fingerprint density at radius 1 is 1.07 bits per heavy atom. The topological polar surface area (TPSA) is 57.9 Å². The highest BCUT2D eigenvalue weighted by atomic mass is 16.2. The fourth-order valence-electron chi connectivity index (χ4n) is 4.57. The number of piperidine rings is 1. The zero-order valence-electron chi connectivity index (χ0n) is 18.0. The Hall–Kier alpha value is -2.37. The molecule has 0 bridgehead atoms. The van der Waals surface area contributed by atoms with Gasteiger partial charge in [-0.25, -0.2) is 4.98 Å². The van der Waals surface area contributed by atoms with E-state index in [0.717, 1.165) is 50.1 Å². The normalized spacial score (nSPS) is 21.2. The van der Waals surface area contributed by atoms with Crippen molar-refractivity contribution in [3.05, 3.63) is 35.9 Å². The summed E-state index contributed by atoms with van der Waals surface area (Å²) in [5.74, 6) is 1.53. The molecule has 2 aromatic rings. The molecule has 156 valence electrons. The standard InChI is InChI=1S/C23H32N4O2/c1-16-10-14-25(15-11-16)20(28)18-9-7-13-26(18)21(29)19-17-8-5-6-12-27(17)22(24-19)23(2,3)4/h5-6,8,12,16,18H,7,9-11,13-15H2,1-4H3. The Bertz CT molecular complexity index is 919. The summed E-state index contributed by atoms with van der Waals surface area (Å²) in [6.07, 6.45) is 5.67. The molecule has 2 fully saturated rings. The van der Waals surface area contributed by atoms with Gasteiger partial charge in [-0.3, -0.25) is 9.59 Å². The Morgan fingerprint density at radius 3 is 2.48 bits per heavy atom. The third kappa shape index (κ3) is 3.65. The predicted molar refractivity (Wildman–Crippen MR) is 113 cm³/mol. The van der Waals surface area contributed by atoms with E-state index in [9.17, 15) is 9.59 Å². The van der Waals surface area contributed by atoms with Crippen molar-refractivity contribution in [3.63, 3.8) is 0 Å². The Morgan fingerprint density at radius 2 is 1.79 bits per heavy atom. The molecule has 29 heavy (non-hydrogen) atoms. The van der Waals surface area contributed by atoms with Crippen molar-refractivity contribution in [3.8, 4) is 0 Å². The predicted octanol–water partition coefficient (Wildman–Crippen LogP) is 3.49. The van der Waals surface area contributed by atoms with Crippen LogP contribution in [0.3, 0.4) is 0 Å². The maximum atomic E-state index is 13.5. The van der Waals surface area contributed by atoms with Crippen LogP contribution in [0.15, 0.2) is 24.4 Å². The zero-order valence-corrected chi connectivity index (χ0v) is 18.0. The first-order valence-electron chi connectivity index (χ1n) is 10.8. The lowest BCUT2D eigenvalue weighted by Gasteiger charge is -2.34. The number of amides is 2. The molecule has 0 spiro atoms. The molecule has 0 aliphatic carbocycles. The van der Waals surface area contributed by atoms with E-state index in [0.29, 0.717) is 18.2 Å². The van der Waals surface area contributed by atoms with Crippen LogP contribution < -0.4 is 0 Å². The molecule has 2 saturated heterocycles. The van der Waals surface area contributed by atoms with Gasteiger partial charge in [0.25, 0.3) is 5.91 Å². The maximum Gasteiger partial charge on any atom is 0.275 e. The fourth-order valence-corrected chi connectivity index (χ4v) is 4.57. The molecule has 2 aromatic heterocycles. The van der Waals surface area contributed by atoms with Crippen LogP contribution in [-0.2, 0) is 10.2 Å². The first kappa shape index (κ1) is 19.9. The largest absolute Gasteiger partial charge is 0.341 e. The number of carbonyl (C=O) groups excluding carboxylic acids is 2. The Balaban J connectivity index is 1.63. The van der Waals surface area contributed by atoms with Gasteiger partial charge in [0.05, 0.1) is 5.52 Å². The molecular weight excluding hydrogens is 364 g/mol. The van der Waals surface area contributed by atoms with E-state index in [2.05, 4.69) is 27.7 Å². The van der Waals surface area contributed by atoms with Gasteiger partial charge < -0.3 is 14.2 Å². The number of imidazole rings is 1. The highest BCUT2D eigenvalue weighted by Gasteiger charge is 2.39. The molecule has 0 saturated carbocycles. The molecule has 4 heterocycles. The number of rotatable bonds is 2. The van der Waals surface area contributed by atoms with Crippen molar-refractivity contribution in [2.75, 3.05) is 19.6 Å². The average molecular weight is 397 g/mol. The van der Waals surface area contributed by atoms with Crippen LogP contribution in [0.4, 0.5) is 0 Å². The summed E-state index contributed by atoms with van der Waals surface area (Å²) in [5.41, 5.74) is 1.09. The van der Waals surface area contributed by atoms with Gasteiger partial charge in [-0.2, -0.15) is 0 Å². The summed E-state index contributed by atoms with van der Waals surface area (Å²) in [6.45, 7) is 10.8. The number of likely N-dealkylation sites (tertiary alicyclic amines) is 2. The number of hydrogen-bond donors (Lipinski definition) is 0. The Labute approximate surface area is 172 Å². The van der Waals surface area contributed by atoms with Crippen molar-refractivity contribution < 1.29 is 9.59 Å². The van der Waals surface area contributed by atoms with E-state index in [1.165, 1.54) is 0 Å². The summed E-state index contributed by atoms with van der Waals surface area (Å²) < 4.78 is 2.01. The fraction of sp³-hybridized carbons (Fsp3) is 0.609. The smallest absolute Gasteiger partial charge is 0.275 e. The van der Waals surface area contributed by atoms with Gasteiger partial charge in [0.2, 0.25) is 5.91 Å². The summed E-state index contributed by atoms with van der Waals surface area (Å²) in [7, 11) is 0. The summed E-state index contributed by atoms with van der Waals surface area (Å²) in [4.78, 5) is 35.2. The van der Waals surface area contributed by atoms with Gasteiger partial charge in [-0.15, -0.1) is 0 Å². The SMILES string of the molecule is CC1CCN(C(=O)C2CCCN2C(=O)c2nc(C(C)(C)C)n3ccccc23)CC1. The van der Waals surface area contributed by atoms with Gasteiger partial charge in [0.15, 0.2) is 5.69 Å². The molecule has 2 aliphatic heterocycles. The van der Waals surface area contributed by atoms with E-state index < -0.39 is 0 Å². The van der Waals surface area contributed by atoms with Gasteiger partial charge in [-0.1, -0.05) is 33.8 Å². The lowest BCUT2D eigenvalue weighted by atomic mass is 9.96. The molecular formula is C23H32N4O2. The summed E-state index contributed by atoms with van der Waals surface area (Å²) in [6, 6.07) is 5.47. The minimum absolute atomic E-state index is 0.113. The van der Waals surface area contributed by atoms with Crippen LogP contribution in [0.25, 0.3) is 5.52 Å². The molecule has 0 N–H and O–H groups in total. The van der Waals surface area contributed by atoms with E-state index in [4.69, 9.17) is 4.98 Å². The quantitative estimate of drug-likeness (QED) is 0.781. The second-order valence-electron chi connectivity index (χ2n) is 9.65.